The van der Waals surface area contributed by atoms with Gasteiger partial charge in [0.15, 0.2) is 5.03 Å². The van der Waals surface area contributed by atoms with Crippen LogP contribution in [0.3, 0.4) is 0 Å². The molecule has 0 saturated carbocycles. The predicted octanol–water partition coefficient (Wildman–Crippen LogP) is 0.748. The van der Waals surface area contributed by atoms with Crippen LogP contribution in [0.5, 0.6) is 0 Å². The van der Waals surface area contributed by atoms with Crippen LogP contribution in [-0.4, -0.2) is 51.5 Å². The Hall–Kier alpha value is -1.93. The zero-order valence-electron chi connectivity index (χ0n) is 11.9. The van der Waals surface area contributed by atoms with Crippen molar-refractivity contribution in [3.8, 4) is 0 Å². The van der Waals surface area contributed by atoms with Crippen molar-refractivity contribution < 1.29 is 5.03 Å². The Labute approximate surface area is 127 Å². The lowest BCUT2D eigenvalue weighted by atomic mass is 10.00. The maximum absolute atomic E-state index is 10.7. The van der Waals surface area contributed by atoms with Crippen LogP contribution in [0.15, 0.2) is 23.4 Å². The van der Waals surface area contributed by atoms with E-state index in [0.717, 1.165) is 5.56 Å². The smallest absolute Gasteiger partial charge is 0.274 e. The minimum absolute atomic E-state index is 0.290. The van der Waals surface area contributed by atoms with Gasteiger partial charge in [0.1, 0.15) is 10.3 Å². The van der Waals surface area contributed by atoms with E-state index in [4.69, 9.17) is 17.3 Å². The molecule has 9 heteroatoms. The van der Waals surface area contributed by atoms with E-state index in [9.17, 15) is 10.1 Å². The number of nitrogens with two attached hydrogens (primary N) is 1. The Morgan fingerprint density at radius 3 is 2.86 bits per heavy atom. The van der Waals surface area contributed by atoms with E-state index in [1.165, 1.54) is 0 Å². The van der Waals surface area contributed by atoms with Gasteiger partial charge in [0, 0.05) is 38.4 Å². The standard InChI is InChI=1S/C12H17ClN6O2/c1-12(14)7-17(2)11(16-19(20)21)18(8-12)6-9-3-4-10(13)15-5-9/h3-5H,6-8,14H2,1-2H3/b16-11+. The largest absolute Gasteiger partial charge is 0.339 e. The number of rotatable bonds is 3. The number of likely N-dealkylation sites (N-methyl/N-ethyl adjacent to an activating group) is 1. The second-order valence-corrected chi connectivity index (χ2v) is 5.88. The van der Waals surface area contributed by atoms with Crippen molar-refractivity contribution in [1.29, 1.82) is 0 Å². The third-order valence-electron chi connectivity index (χ3n) is 3.11. The first-order valence-corrected chi connectivity index (χ1v) is 6.73. The van der Waals surface area contributed by atoms with E-state index in [-0.39, 0.29) is 5.96 Å². The first-order chi connectivity index (χ1) is 9.77. The number of pyridine rings is 1. The van der Waals surface area contributed by atoms with Gasteiger partial charge in [-0.1, -0.05) is 17.7 Å². The average molecular weight is 313 g/mol. The summed E-state index contributed by atoms with van der Waals surface area (Å²) in [5, 5.41) is 13.9. The number of nitrogens with zero attached hydrogens (tertiary/aromatic N) is 5. The fourth-order valence-corrected chi connectivity index (χ4v) is 2.58. The lowest BCUT2D eigenvalue weighted by Crippen LogP contribution is -2.64. The zero-order chi connectivity index (χ0) is 15.6. The molecule has 2 heterocycles. The molecule has 0 aliphatic carbocycles. The van der Waals surface area contributed by atoms with Gasteiger partial charge in [-0.3, -0.25) is 0 Å². The first kappa shape index (κ1) is 15.5. The molecule has 0 amide bonds. The van der Waals surface area contributed by atoms with Gasteiger partial charge in [-0.2, -0.15) is 0 Å². The van der Waals surface area contributed by atoms with Gasteiger partial charge >= 0.3 is 0 Å². The molecule has 0 bridgehead atoms. The molecular formula is C12H17ClN6O2. The fourth-order valence-electron chi connectivity index (χ4n) is 2.47. The van der Waals surface area contributed by atoms with E-state index >= 15 is 0 Å². The molecule has 1 aliphatic rings. The monoisotopic (exact) mass is 312 g/mol. The summed E-state index contributed by atoms with van der Waals surface area (Å²) in [6.45, 7) is 3.29. The summed E-state index contributed by atoms with van der Waals surface area (Å²) >= 11 is 5.75. The molecule has 1 atom stereocenters. The molecule has 1 fully saturated rings. The third-order valence-corrected chi connectivity index (χ3v) is 3.33. The Bertz CT molecular complexity index is 559. The molecule has 8 nitrogen and oxygen atoms in total. The van der Waals surface area contributed by atoms with E-state index in [0.29, 0.717) is 24.8 Å². The van der Waals surface area contributed by atoms with Gasteiger partial charge in [0.05, 0.1) is 0 Å². The lowest BCUT2D eigenvalue weighted by Gasteiger charge is -2.43. The topological polar surface area (TPSA) is 101 Å². The number of hydrogen-bond acceptors (Lipinski definition) is 4. The van der Waals surface area contributed by atoms with Crippen LogP contribution in [0.2, 0.25) is 5.15 Å². The van der Waals surface area contributed by atoms with Crippen LogP contribution in [0.25, 0.3) is 0 Å². The molecule has 1 unspecified atom stereocenters. The summed E-state index contributed by atoms with van der Waals surface area (Å²) in [7, 11) is 1.74. The van der Waals surface area contributed by atoms with Gasteiger partial charge in [-0.25, -0.2) is 15.1 Å². The van der Waals surface area contributed by atoms with Crippen LogP contribution in [-0.2, 0) is 6.54 Å². The van der Waals surface area contributed by atoms with Crippen molar-refractivity contribution in [2.45, 2.75) is 19.0 Å². The second-order valence-electron chi connectivity index (χ2n) is 5.49. The van der Waals surface area contributed by atoms with Gasteiger partial charge in [0.25, 0.3) is 5.96 Å². The normalized spacial score (nSPS) is 24.5. The second kappa shape index (κ2) is 5.82. The molecule has 2 N–H and O–H groups in total. The fraction of sp³-hybridized carbons (Fsp3) is 0.500. The van der Waals surface area contributed by atoms with Crippen LogP contribution in [0.1, 0.15) is 12.5 Å². The van der Waals surface area contributed by atoms with Crippen molar-refractivity contribution in [2.24, 2.45) is 10.8 Å². The Morgan fingerprint density at radius 1 is 1.57 bits per heavy atom. The number of hydrazone groups is 1. The predicted molar refractivity (Wildman–Crippen MR) is 79.3 cm³/mol. The number of hydrogen-bond donors (Lipinski definition) is 1. The average Bonchev–Trinajstić information content (AvgIpc) is 2.35. The summed E-state index contributed by atoms with van der Waals surface area (Å²) < 4.78 is 0. The summed E-state index contributed by atoms with van der Waals surface area (Å²) in [4.78, 5) is 18.2. The molecule has 1 aromatic heterocycles. The third kappa shape index (κ3) is 4.02. The van der Waals surface area contributed by atoms with Crippen molar-refractivity contribution in [2.75, 3.05) is 20.1 Å². The van der Waals surface area contributed by atoms with Crippen molar-refractivity contribution in [1.82, 2.24) is 14.8 Å². The lowest BCUT2D eigenvalue weighted by molar-refractivity contribution is -0.486. The molecule has 0 spiro atoms. The van der Waals surface area contributed by atoms with Gasteiger partial charge in [-0.05, 0) is 18.6 Å². The van der Waals surface area contributed by atoms with E-state index in [2.05, 4.69) is 10.1 Å². The highest BCUT2D eigenvalue weighted by atomic mass is 35.5. The summed E-state index contributed by atoms with van der Waals surface area (Å²) in [5.74, 6) is 0.290. The molecule has 1 aliphatic heterocycles. The highest BCUT2D eigenvalue weighted by Crippen LogP contribution is 2.18. The molecular weight excluding hydrogens is 296 g/mol. The highest BCUT2D eigenvalue weighted by molar-refractivity contribution is 6.29. The quantitative estimate of drug-likeness (QED) is 0.502. The molecule has 1 aromatic rings. The molecule has 114 valence electrons. The van der Waals surface area contributed by atoms with Crippen LogP contribution < -0.4 is 5.73 Å². The minimum atomic E-state index is -0.696. The SMILES string of the molecule is CN1CC(C)(N)CN(Cc2ccc(Cl)nc2)/C1=N/[N+](=O)[O-]. The molecule has 1 saturated heterocycles. The van der Waals surface area contributed by atoms with E-state index in [1.807, 2.05) is 13.0 Å². The minimum Gasteiger partial charge on any atom is -0.339 e. The number of guanidine groups is 1. The highest BCUT2D eigenvalue weighted by Gasteiger charge is 2.35. The number of nitro groups is 1. The van der Waals surface area contributed by atoms with Crippen LogP contribution >= 0.6 is 11.6 Å². The van der Waals surface area contributed by atoms with Crippen LogP contribution in [0.4, 0.5) is 0 Å². The van der Waals surface area contributed by atoms with Gasteiger partial charge in [-0.15, -0.1) is 0 Å². The Balaban J connectivity index is 2.26. The maximum atomic E-state index is 10.7. The summed E-state index contributed by atoms with van der Waals surface area (Å²) in [6, 6.07) is 3.50. The van der Waals surface area contributed by atoms with Crippen molar-refractivity contribution >= 4 is 17.6 Å². The zero-order valence-corrected chi connectivity index (χ0v) is 12.6. The van der Waals surface area contributed by atoms with E-state index < -0.39 is 10.6 Å². The summed E-state index contributed by atoms with van der Waals surface area (Å²) in [6.07, 6.45) is 1.63. The Morgan fingerprint density at radius 2 is 2.29 bits per heavy atom. The maximum Gasteiger partial charge on any atom is 0.274 e. The van der Waals surface area contributed by atoms with Crippen molar-refractivity contribution in [3.05, 3.63) is 39.2 Å². The van der Waals surface area contributed by atoms with Crippen LogP contribution in [0, 0.1) is 10.1 Å². The first-order valence-electron chi connectivity index (χ1n) is 6.35. The number of aromatic nitrogens is 1. The molecule has 0 aromatic carbocycles. The summed E-state index contributed by atoms with van der Waals surface area (Å²) in [5.41, 5.74) is 6.58. The van der Waals surface area contributed by atoms with Gasteiger partial charge in [0.2, 0.25) is 0 Å². The van der Waals surface area contributed by atoms with Gasteiger partial charge < -0.3 is 15.5 Å². The number of halogens is 1. The molecule has 2 rings (SSSR count). The van der Waals surface area contributed by atoms with Crippen molar-refractivity contribution in [3.63, 3.8) is 0 Å². The van der Waals surface area contributed by atoms with E-state index in [1.54, 1.807) is 29.1 Å². The molecule has 21 heavy (non-hydrogen) atoms. The Kier molecular flexibility index (Phi) is 4.29. The molecule has 0 radical (unpaired) electrons.